The van der Waals surface area contributed by atoms with Gasteiger partial charge in [0.1, 0.15) is 28.2 Å². The Morgan fingerprint density at radius 3 is 2.57 bits per heavy atom. The van der Waals surface area contributed by atoms with E-state index in [2.05, 4.69) is 36.0 Å². The predicted octanol–water partition coefficient (Wildman–Crippen LogP) is 5.74. The van der Waals surface area contributed by atoms with Crippen molar-refractivity contribution in [3.8, 4) is 0 Å². The van der Waals surface area contributed by atoms with Crippen LogP contribution in [0.1, 0.15) is 37.4 Å². The molecule has 3 heterocycles. The average molecular weight is 479 g/mol. The molecule has 30 heavy (non-hydrogen) atoms. The number of benzene rings is 1. The van der Waals surface area contributed by atoms with E-state index >= 15 is 4.39 Å². The normalized spacial score (nSPS) is 20.5. The van der Waals surface area contributed by atoms with Crippen molar-refractivity contribution >= 4 is 27.3 Å². The fraction of sp³-hybridized carbons (Fsp3) is 0.409. The highest BCUT2D eigenvalue weighted by Crippen LogP contribution is 2.43. The van der Waals surface area contributed by atoms with Crippen LogP contribution in [0.2, 0.25) is 0 Å². The molecule has 158 valence electrons. The van der Waals surface area contributed by atoms with Gasteiger partial charge in [0.2, 0.25) is 0 Å². The van der Waals surface area contributed by atoms with Crippen LogP contribution in [0.15, 0.2) is 47.1 Å². The summed E-state index contributed by atoms with van der Waals surface area (Å²) in [5.41, 5.74) is 2.02. The molecular formula is C22H22BrF3N4. The van der Waals surface area contributed by atoms with Crippen molar-refractivity contribution in [2.75, 3.05) is 23.3 Å². The van der Waals surface area contributed by atoms with Crippen LogP contribution >= 0.6 is 15.9 Å². The molecule has 3 aliphatic rings. The Balaban J connectivity index is 1.30. The molecule has 0 radical (unpaired) electrons. The van der Waals surface area contributed by atoms with Crippen molar-refractivity contribution < 1.29 is 13.2 Å². The number of nitrogens with one attached hydrogen (secondary N) is 1. The largest absolute Gasteiger partial charge is 0.357 e. The average Bonchev–Trinajstić information content (AvgIpc) is 3.57. The second-order valence-electron chi connectivity index (χ2n) is 8.16. The van der Waals surface area contributed by atoms with Crippen LogP contribution in [0.25, 0.3) is 0 Å². The van der Waals surface area contributed by atoms with Gasteiger partial charge in [-0.3, -0.25) is 0 Å². The van der Waals surface area contributed by atoms with E-state index in [4.69, 9.17) is 0 Å². The monoisotopic (exact) mass is 478 g/mol. The predicted molar refractivity (Wildman–Crippen MR) is 114 cm³/mol. The number of nitrogens with zero attached hydrogens (tertiary/aromatic N) is 3. The van der Waals surface area contributed by atoms with Gasteiger partial charge in [-0.25, -0.2) is 18.2 Å². The van der Waals surface area contributed by atoms with Crippen molar-refractivity contribution in [1.82, 2.24) is 9.88 Å². The van der Waals surface area contributed by atoms with Crippen LogP contribution in [-0.4, -0.2) is 29.0 Å². The summed E-state index contributed by atoms with van der Waals surface area (Å²) >= 11 is 3.42. The van der Waals surface area contributed by atoms with E-state index in [0.717, 1.165) is 46.8 Å². The summed E-state index contributed by atoms with van der Waals surface area (Å²) in [6, 6.07) is 5.53. The van der Waals surface area contributed by atoms with E-state index in [0.29, 0.717) is 32.0 Å². The molecule has 0 spiro atoms. The van der Waals surface area contributed by atoms with Gasteiger partial charge in [0.05, 0.1) is 17.6 Å². The van der Waals surface area contributed by atoms with E-state index in [1.807, 2.05) is 18.5 Å². The zero-order valence-corrected chi connectivity index (χ0v) is 17.9. The Bertz CT molecular complexity index is 986. The number of rotatable bonds is 4. The lowest BCUT2D eigenvalue weighted by atomic mass is 9.88. The van der Waals surface area contributed by atoms with Crippen molar-refractivity contribution in [2.45, 2.75) is 37.9 Å². The maximum absolute atomic E-state index is 15.0. The summed E-state index contributed by atoms with van der Waals surface area (Å²) < 4.78 is 43.0. The molecule has 1 saturated heterocycles. The highest BCUT2D eigenvalue weighted by molar-refractivity contribution is 9.10. The van der Waals surface area contributed by atoms with Gasteiger partial charge in [-0.2, -0.15) is 0 Å². The fourth-order valence-electron chi connectivity index (χ4n) is 4.43. The van der Waals surface area contributed by atoms with Gasteiger partial charge < -0.3 is 15.1 Å². The second kappa shape index (κ2) is 7.80. The first-order valence-corrected chi connectivity index (χ1v) is 11.1. The lowest BCUT2D eigenvalue weighted by Gasteiger charge is -2.42. The van der Waals surface area contributed by atoms with Crippen molar-refractivity contribution in [1.29, 1.82) is 0 Å². The molecule has 1 aliphatic carbocycles. The summed E-state index contributed by atoms with van der Waals surface area (Å²) in [5.74, 6) is -0.690. The third-order valence-electron chi connectivity index (χ3n) is 6.16. The molecule has 0 bridgehead atoms. The summed E-state index contributed by atoms with van der Waals surface area (Å²) in [5, 5.41) is 3.36. The number of pyridine rings is 1. The van der Waals surface area contributed by atoms with Crippen LogP contribution in [0.4, 0.5) is 24.5 Å². The van der Waals surface area contributed by atoms with Crippen LogP contribution in [0.3, 0.4) is 0 Å². The lowest BCUT2D eigenvalue weighted by molar-refractivity contribution is 0.135. The first-order valence-electron chi connectivity index (χ1n) is 10.3. The van der Waals surface area contributed by atoms with Gasteiger partial charge in [-0.1, -0.05) is 6.07 Å². The van der Waals surface area contributed by atoms with Crippen molar-refractivity contribution in [3.05, 3.63) is 64.3 Å². The molecule has 2 aromatic rings. The minimum Gasteiger partial charge on any atom is -0.357 e. The highest BCUT2D eigenvalue weighted by atomic mass is 79.9. The number of fused-ring (bicyclic) bond motifs is 1. The lowest BCUT2D eigenvalue weighted by Crippen LogP contribution is -2.43. The number of halogens is 4. The zero-order chi connectivity index (χ0) is 20.8. The number of likely N-dealkylation sites (tertiary alicyclic amines) is 1. The molecule has 2 fully saturated rings. The van der Waals surface area contributed by atoms with Gasteiger partial charge in [0.15, 0.2) is 0 Å². The molecule has 1 aromatic carbocycles. The SMILES string of the molecule is Fc1ccc(C(F)C2CCN(C3=CNc4cc(Br)ncc4N3C3CC3)CC2)c(F)c1. The van der Waals surface area contributed by atoms with Gasteiger partial charge in [-0.15, -0.1) is 0 Å². The summed E-state index contributed by atoms with van der Waals surface area (Å²) in [6.07, 6.45) is 5.96. The van der Waals surface area contributed by atoms with Gasteiger partial charge in [-0.05, 0) is 59.7 Å². The standard InChI is InChI=1S/C22H22BrF3N4/c23-20-10-18-19(11-28-20)30(15-2-3-15)21(12-27-18)29-7-5-13(6-8-29)22(26)16-4-1-14(24)9-17(16)25/h1,4,9-13,15,22,27H,2-3,5-8H2. The summed E-state index contributed by atoms with van der Waals surface area (Å²) in [7, 11) is 0. The first kappa shape index (κ1) is 19.7. The number of anilines is 2. The fourth-order valence-corrected chi connectivity index (χ4v) is 4.76. The molecule has 0 amide bonds. The van der Waals surface area contributed by atoms with Crippen LogP contribution in [0, 0.1) is 17.6 Å². The highest BCUT2D eigenvalue weighted by Gasteiger charge is 2.38. The number of alkyl halides is 1. The Labute approximate surface area is 181 Å². The third kappa shape index (κ3) is 3.66. The van der Waals surface area contributed by atoms with E-state index < -0.39 is 17.8 Å². The Morgan fingerprint density at radius 1 is 1.10 bits per heavy atom. The smallest absolute Gasteiger partial charge is 0.132 e. The Morgan fingerprint density at radius 2 is 1.87 bits per heavy atom. The van der Waals surface area contributed by atoms with Gasteiger partial charge in [0.25, 0.3) is 0 Å². The molecule has 1 N–H and O–H groups in total. The maximum Gasteiger partial charge on any atom is 0.132 e. The van der Waals surface area contributed by atoms with E-state index in [9.17, 15) is 8.78 Å². The topological polar surface area (TPSA) is 31.4 Å². The molecule has 2 aliphatic heterocycles. The third-order valence-corrected chi connectivity index (χ3v) is 6.60. The van der Waals surface area contributed by atoms with Crippen molar-refractivity contribution in [2.24, 2.45) is 5.92 Å². The molecule has 1 saturated carbocycles. The maximum atomic E-state index is 15.0. The second-order valence-corrected chi connectivity index (χ2v) is 8.98. The van der Waals surface area contributed by atoms with Crippen LogP contribution < -0.4 is 10.2 Å². The Kier molecular flexibility index (Phi) is 5.13. The molecular weight excluding hydrogens is 457 g/mol. The summed E-state index contributed by atoms with van der Waals surface area (Å²) in [6.45, 7) is 1.37. The van der Waals surface area contributed by atoms with Gasteiger partial charge >= 0.3 is 0 Å². The molecule has 1 aromatic heterocycles. The molecule has 1 atom stereocenters. The number of hydrogen-bond acceptors (Lipinski definition) is 4. The number of piperidine rings is 1. The molecule has 8 heteroatoms. The summed E-state index contributed by atoms with van der Waals surface area (Å²) in [4.78, 5) is 8.99. The molecule has 4 nitrogen and oxygen atoms in total. The minimum absolute atomic E-state index is 0.0430. The number of aromatic nitrogens is 1. The van der Waals surface area contributed by atoms with Gasteiger partial charge in [0, 0.05) is 37.0 Å². The quantitative estimate of drug-likeness (QED) is 0.567. The van der Waals surface area contributed by atoms with E-state index in [1.54, 1.807) is 0 Å². The zero-order valence-electron chi connectivity index (χ0n) is 16.3. The van der Waals surface area contributed by atoms with Crippen LogP contribution in [-0.2, 0) is 0 Å². The van der Waals surface area contributed by atoms with Crippen molar-refractivity contribution in [3.63, 3.8) is 0 Å². The van der Waals surface area contributed by atoms with E-state index in [1.165, 1.54) is 6.07 Å². The van der Waals surface area contributed by atoms with E-state index in [-0.39, 0.29) is 11.5 Å². The Hall–Kier alpha value is -2.22. The molecule has 5 rings (SSSR count). The number of hydrogen-bond donors (Lipinski definition) is 1. The minimum atomic E-state index is -1.42. The first-order chi connectivity index (χ1) is 14.5. The molecule has 1 unspecified atom stereocenters. The van der Waals surface area contributed by atoms with Crippen LogP contribution in [0.5, 0.6) is 0 Å².